The lowest BCUT2D eigenvalue weighted by atomic mass is 10.1. The van der Waals surface area contributed by atoms with Crippen molar-refractivity contribution < 1.29 is 0 Å². The van der Waals surface area contributed by atoms with Crippen LogP contribution in [-0.4, -0.2) is 37.1 Å². The van der Waals surface area contributed by atoms with Crippen molar-refractivity contribution in [2.75, 3.05) is 20.1 Å². The van der Waals surface area contributed by atoms with Gasteiger partial charge in [0.15, 0.2) is 0 Å². The molecule has 0 spiro atoms. The molecule has 2 atom stereocenters. The first-order chi connectivity index (χ1) is 6.31. The molecule has 0 aromatic heterocycles. The zero-order chi connectivity index (χ0) is 9.68. The third kappa shape index (κ3) is 2.68. The van der Waals surface area contributed by atoms with Crippen molar-refractivity contribution in [2.45, 2.75) is 38.3 Å². The molecule has 3 heteroatoms. The molecule has 0 bridgehead atoms. The second kappa shape index (κ2) is 5.21. The molecule has 13 heavy (non-hydrogen) atoms. The normalized spacial score (nSPS) is 25.8. The molecule has 1 aliphatic heterocycles. The van der Waals surface area contributed by atoms with Crippen LogP contribution < -0.4 is 5.32 Å². The molecule has 74 valence electrons. The molecule has 0 aliphatic carbocycles. The van der Waals surface area contributed by atoms with Crippen LogP contribution in [-0.2, 0) is 0 Å². The molecule has 1 fully saturated rings. The first-order valence-corrected chi connectivity index (χ1v) is 5.12. The largest absolute Gasteiger partial charge is 0.304 e. The van der Waals surface area contributed by atoms with Crippen molar-refractivity contribution in [3.63, 3.8) is 0 Å². The lowest BCUT2D eigenvalue weighted by Crippen LogP contribution is -2.40. The van der Waals surface area contributed by atoms with E-state index in [1.165, 1.54) is 25.8 Å². The molecule has 1 saturated heterocycles. The second-order valence-corrected chi connectivity index (χ2v) is 3.67. The molecular formula is C10H19N3. The van der Waals surface area contributed by atoms with Crippen molar-refractivity contribution in [1.82, 2.24) is 10.2 Å². The minimum atomic E-state index is -0.00727. The van der Waals surface area contributed by atoms with Crippen LogP contribution in [0.5, 0.6) is 0 Å². The maximum Gasteiger partial charge on any atom is 0.108 e. The number of hydrogen-bond acceptors (Lipinski definition) is 3. The number of nitriles is 1. The monoisotopic (exact) mass is 181 g/mol. The Balaban J connectivity index is 2.39. The van der Waals surface area contributed by atoms with Crippen LogP contribution in [0.15, 0.2) is 0 Å². The highest BCUT2D eigenvalue weighted by molar-refractivity contribution is 4.93. The van der Waals surface area contributed by atoms with Crippen LogP contribution in [0.3, 0.4) is 0 Å². The van der Waals surface area contributed by atoms with Crippen molar-refractivity contribution in [2.24, 2.45) is 0 Å². The number of likely N-dealkylation sites (tertiary alicyclic amines) is 1. The van der Waals surface area contributed by atoms with Crippen molar-refractivity contribution in [1.29, 1.82) is 5.26 Å². The van der Waals surface area contributed by atoms with Crippen LogP contribution in [0.25, 0.3) is 0 Å². The van der Waals surface area contributed by atoms with Crippen LogP contribution in [0.1, 0.15) is 26.2 Å². The second-order valence-electron chi connectivity index (χ2n) is 3.67. The summed E-state index contributed by atoms with van der Waals surface area (Å²) in [6.45, 7) is 4.27. The van der Waals surface area contributed by atoms with Gasteiger partial charge >= 0.3 is 0 Å². The number of hydrogen-bond donors (Lipinski definition) is 1. The van der Waals surface area contributed by atoms with Gasteiger partial charge < -0.3 is 5.32 Å². The maximum absolute atomic E-state index is 8.81. The summed E-state index contributed by atoms with van der Waals surface area (Å²) in [4.78, 5) is 2.43. The smallest absolute Gasteiger partial charge is 0.108 e. The number of nitrogens with one attached hydrogen (secondary N) is 1. The fourth-order valence-electron chi connectivity index (χ4n) is 2.03. The van der Waals surface area contributed by atoms with E-state index in [1.54, 1.807) is 0 Å². The van der Waals surface area contributed by atoms with E-state index in [0.717, 1.165) is 6.54 Å². The Morgan fingerprint density at radius 3 is 3.00 bits per heavy atom. The molecule has 0 radical (unpaired) electrons. The summed E-state index contributed by atoms with van der Waals surface area (Å²) >= 11 is 0. The average Bonchev–Trinajstić information content (AvgIpc) is 2.61. The van der Waals surface area contributed by atoms with E-state index in [1.807, 2.05) is 7.05 Å². The minimum Gasteiger partial charge on any atom is -0.304 e. The van der Waals surface area contributed by atoms with Crippen LogP contribution in [0, 0.1) is 11.3 Å². The predicted molar refractivity (Wildman–Crippen MR) is 53.3 cm³/mol. The van der Waals surface area contributed by atoms with E-state index in [0.29, 0.717) is 6.04 Å². The lowest BCUT2D eigenvalue weighted by molar-refractivity contribution is 0.237. The molecule has 3 nitrogen and oxygen atoms in total. The number of rotatable bonds is 4. The molecule has 1 aliphatic rings. The fourth-order valence-corrected chi connectivity index (χ4v) is 2.03. The summed E-state index contributed by atoms with van der Waals surface area (Å²) in [6.07, 6.45) is 3.81. The van der Waals surface area contributed by atoms with Gasteiger partial charge in [0.1, 0.15) is 6.04 Å². The zero-order valence-electron chi connectivity index (χ0n) is 8.58. The van der Waals surface area contributed by atoms with E-state index in [-0.39, 0.29) is 6.04 Å². The third-order valence-electron chi connectivity index (χ3n) is 2.89. The van der Waals surface area contributed by atoms with Gasteiger partial charge in [-0.3, -0.25) is 4.90 Å². The molecule has 1 N–H and O–H groups in total. The quantitative estimate of drug-likeness (QED) is 0.702. The first-order valence-electron chi connectivity index (χ1n) is 5.12. The van der Waals surface area contributed by atoms with Gasteiger partial charge in [-0.25, -0.2) is 0 Å². The Kier molecular flexibility index (Phi) is 4.20. The van der Waals surface area contributed by atoms with Crippen LogP contribution in [0.4, 0.5) is 0 Å². The van der Waals surface area contributed by atoms with Gasteiger partial charge in [-0.15, -0.1) is 0 Å². The van der Waals surface area contributed by atoms with E-state index in [2.05, 4.69) is 23.2 Å². The first kappa shape index (κ1) is 10.5. The summed E-state index contributed by atoms with van der Waals surface area (Å²) in [7, 11) is 1.85. The van der Waals surface area contributed by atoms with Gasteiger partial charge in [-0.1, -0.05) is 6.92 Å². The number of likely N-dealkylation sites (N-methyl/N-ethyl adjacent to an activating group) is 1. The Labute approximate surface area is 80.7 Å². The minimum absolute atomic E-state index is 0.00727. The number of nitrogens with zero attached hydrogens (tertiary/aromatic N) is 2. The predicted octanol–water partition coefficient (Wildman–Crippen LogP) is 0.972. The molecule has 2 unspecified atom stereocenters. The van der Waals surface area contributed by atoms with Gasteiger partial charge in [-0.05, 0) is 32.9 Å². The third-order valence-corrected chi connectivity index (χ3v) is 2.89. The molecule has 0 aromatic rings. The van der Waals surface area contributed by atoms with Gasteiger partial charge in [0.05, 0.1) is 6.07 Å². The Hall–Kier alpha value is -0.590. The van der Waals surface area contributed by atoms with Gasteiger partial charge in [0, 0.05) is 12.6 Å². The molecule has 1 heterocycles. The molecule has 0 saturated carbocycles. The fraction of sp³-hybridized carbons (Fsp3) is 0.900. The highest BCUT2D eigenvalue weighted by Crippen LogP contribution is 2.19. The standard InChI is InChI=1S/C10H19N3/c1-3-10-5-4-6-13(10)8-9(7-11)12-2/h9-10,12H,3-6,8H2,1-2H3. The highest BCUT2D eigenvalue weighted by atomic mass is 15.2. The summed E-state index contributed by atoms with van der Waals surface area (Å²) in [5.74, 6) is 0. The van der Waals surface area contributed by atoms with Crippen LogP contribution >= 0.6 is 0 Å². The van der Waals surface area contributed by atoms with E-state index < -0.39 is 0 Å². The topological polar surface area (TPSA) is 39.1 Å². The summed E-state index contributed by atoms with van der Waals surface area (Å²) < 4.78 is 0. The Bertz CT molecular complexity index is 185. The summed E-state index contributed by atoms with van der Waals surface area (Å²) in [5.41, 5.74) is 0. The van der Waals surface area contributed by atoms with Crippen LogP contribution in [0.2, 0.25) is 0 Å². The van der Waals surface area contributed by atoms with E-state index in [9.17, 15) is 0 Å². The lowest BCUT2D eigenvalue weighted by Gasteiger charge is -2.25. The van der Waals surface area contributed by atoms with Crippen molar-refractivity contribution in [3.05, 3.63) is 0 Å². The maximum atomic E-state index is 8.81. The Morgan fingerprint density at radius 1 is 1.69 bits per heavy atom. The average molecular weight is 181 g/mol. The van der Waals surface area contributed by atoms with E-state index in [4.69, 9.17) is 5.26 Å². The SMILES string of the molecule is CCC1CCCN1CC(C#N)NC. The van der Waals surface area contributed by atoms with Gasteiger partial charge in [-0.2, -0.15) is 5.26 Å². The summed E-state index contributed by atoms with van der Waals surface area (Å²) in [6, 6.07) is 2.98. The molecule has 0 aromatic carbocycles. The highest BCUT2D eigenvalue weighted by Gasteiger charge is 2.24. The summed E-state index contributed by atoms with van der Waals surface area (Å²) in [5, 5.41) is 11.8. The molecule has 0 amide bonds. The zero-order valence-corrected chi connectivity index (χ0v) is 8.58. The Morgan fingerprint density at radius 2 is 2.46 bits per heavy atom. The molecule has 1 rings (SSSR count). The van der Waals surface area contributed by atoms with Gasteiger partial charge in [0.2, 0.25) is 0 Å². The van der Waals surface area contributed by atoms with Gasteiger partial charge in [0.25, 0.3) is 0 Å². The van der Waals surface area contributed by atoms with Crippen molar-refractivity contribution in [3.8, 4) is 6.07 Å². The molecular weight excluding hydrogens is 162 g/mol. The van der Waals surface area contributed by atoms with Crippen molar-refractivity contribution >= 4 is 0 Å². The van der Waals surface area contributed by atoms with E-state index >= 15 is 0 Å².